The number of rotatable bonds is 5. The molecule has 11 heteroatoms. The van der Waals surface area contributed by atoms with Gasteiger partial charge in [0, 0.05) is 25.0 Å². The van der Waals surface area contributed by atoms with Gasteiger partial charge in [-0.3, -0.25) is 0 Å². The first-order valence-corrected chi connectivity index (χ1v) is 9.60. The van der Waals surface area contributed by atoms with Gasteiger partial charge in [0.1, 0.15) is 11.0 Å². The Bertz CT molecular complexity index is 843. The van der Waals surface area contributed by atoms with E-state index in [2.05, 4.69) is 20.3 Å². The molecule has 2 aromatic rings. The van der Waals surface area contributed by atoms with Crippen LogP contribution < -0.4 is 5.32 Å². The van der Waals surface area contributed by atoms with Gasteiger partial charge < -0.3 is 10.1 Å². The molecule has 1 fully saturated rings. The van der Waals surface area contributed by atoms with Crippen molar-refractivity contribution in [2.45, 2.75) is 0 Å². The molecule has 0 amide bonds. The Labute approximate surface area is 149 Å². The van der Waals surface area contributed by atoms with Crippen LogP contribution >= 0.6 is 23.2 Å². The topological polar surface area (TPSA) is 97.3 Å². The minimum Gasteiger partial charge on any atom is -0.379 e. The Kier molecular flexibility index (Phi) is 5.36. The molecular weight excluding hydrogens is 377 g/mol. The van der Waals surface area contributed by atoms with Gasteiger partial charge in [-0.2, -0.15) is 4.31 Å². The summed E-state index contributed by atoms with van der Waals surface area (Å²) in [5.41, 5.74) is 0.526. The van der Waals surface area contributed by atoms with E-state index >= 15 is 0 Å². The molecule has 3 rings (SSSR count). The predicted molar refractivity (Wildman–Crippen MR) is 92.0 cm³/mol. The molecule has 24 heavy (non-hydrogen) atoms. The molecule has 3 heterocycles. The summed E-state index contributed by atoms with van der Waals surface area (Å²) >= 11 is 11.8. The number of halogens is 2. The van der Waals surface area contributed by atoms with Crippen molar-refractivity contribution in [1.82, 2.24) is 19.3 Å². The van der Waals surface area contributed by atoms with E-state index in [1.807, 2.05) is 0 Å². The molecule has 0 radical (unpaired) electrons. The Morgan fingerprint density at radius 2 is 2.00 bits per heavy atom. The quantitative estimate of drug-likeness (QED) is 0.607. The van der Waals surface area contributed by atoms with Crippen LogP contribution in [0.3, 0.4) is 0 Å². The summed E-state index contributed by atoms with van der Waals surface area (Å²) in [5, 5.41) is 3.96. The van der Waals surface area contributed by atoms with E-state index in [9.17, 15) is 8.42 Å². The second-order valence-corrected chi connectivity index (χ2v) is 7.93. The van der Waals surface area contributed by atoms with Crippen LogP contribution in [0.1, 0.15) is 0 Å². The van der Waals surface area contributed by atoms with E-state index in [4.69, 9.17) is 27.9 Å². The lowest BCUT2D eigenvalue weighted by atomic mass is 10.3. The average Bonchev–Trinajstić information content (AvgIpc) is 2.56. The number of pyridine rings is 1. The van der Waals surface area contributed by atoms with Crippen LogP contribution in [-0.4, -0.2) is 66.3 Å². The van der Waals surface area contributed by atoms with Crippen LogP contribution in [0.2, 0.25) is 10.4 Å². The molecule has 0 atom stereocenters. The monoisotopic (exact) mass is 391 g/mol. The van der Waals surface area contributed by atoms with Crippen LogP contribution in [0.4, 0.5) is 5.82 Å². The van der Waals surface area contributed by atoms with Crippen molar-refractivity contribution in [3.8, 4) is 0 Å². The Hall–Kier alpha value is -1.26. The average molecular weight is 392 g/mol. The van der Waals surface area contributed by atoms with Crippen LogP contribution in [0.25, 0.3) is 10.9 Å². The lowest BCUT2D eigenvalue weighted by Crippen LogP contribution is -2.42. The lowest BCUT2D eigenvalue weighted by Gasteiger charge is -2.26. The number of morpholine rings is 1. The summed E-state index contributed by atoms with van der Waals surface area (Å²) in [5.74, 6) is 0.362. The van der Waals surface area contributed by atoms with Gasteiger partial charge in [-0.05, 0) is 17.7 Å². The number of nitrogens with one attached hydrogen (secondary N) is 1. The predicted octanol–water partition coefficient (Wildman–Crippen LogP) is 1.41. The summed E-state index contributed by atoms with van der Waals surface area (Å²) < 4.78 is 31.2. The molecule has 0 aliphatic carbocycles. The highest BCUT2D eigenvalue weighted by Gasteiger charge is 2.23. The van der Waals surface area contributed by atoms with E-state index in [0.29, 0.717) is 43.0 Å². The molecule has 0 saturated carbocycles. The van der Waals surface area contributed by atoms with Crippen molar-refractivity contribution in [1.29, 1.82) is 0 Å². The maximum Gasteiger partial charge on any atom is 0.224 e. The number of sulfonamides is 1. The van der Waals surface area contributed by atoms with Crippen molar-refractivity contribution < 1.29 is 13.2 Å². The zero-order chi connectivity index (χ0) is 17.2. The van der Waals surface area contributed by atoms with E-state index in [1.165, 1.54) is 10.5 Å². The fourth-order valence-electron chi connectivity index (χ4n) is 2.37. The second kappa shape index (κ2) is 7.32. The molecule has 0 unspecified atom stereocenters. The molecule has 1 N–H and O–H groups in total. The fraction of sp³-hybridized carbons (Fsp3) is 0.462. The lowest BCUT2D eigenvalue weighted by molar-refractivity contribution is 0.0731. The molecule has 0 aromatic carbocycles. The van der Waals surface area contributed by atoms with Gasteiger partial charge >= 0.3 is 0 Å². The molecule has 2 aromatic heterocycles. The summed E-state index contributed by atoms with van der Waals surface area (Å²) in [4.78, 5) is 12.1. The van der Waals surface area contributed by atoms with Crippen LogP contribution in [-0.2, 0) is 14.8 Å². The van der Waals surface area contributed by atoms with Crippen molar-refractivity contribution >= 4 is 49.9 Å². The molecule has 0 spiro atoms. The Morgan fingerprint density at radius 1 is 1.25 bits per heavy atom. The van der Waals surface area contributed by atoms with Crippen LogP contribution in [0.15, 0.2) is 12.3 Å². The third-order valence-electron chi connectivity index (χ3n) is 3.54. The Morgan fingerprint density at radius 3 is 2.75 bits per heavy atom. The zero-order valence-electron chi connectivity index (χ0n) is 12.6. The summed E-state index contributed by atoms with van der Waals surface area (Å²) in [6.07, 6.45) is 1.49. The van der Waals surface area contributed by atoms with Crippen molar-refractivity contribution in [3.05, 3.63) is 22.7 Å². The molecular formula is C13H15Cl2N5O3S. The summed E-state index contributed by atoms with van der Waals surface area (Å²) in [7, 11) is -3.35. The van der Waals surface area contributed by atoms with Crippen molar-refractivity contribution in [2.24, 2.45) is 0 Å². The number of hydrogen-bond donors (Lipinski definition) is 1. The van der Waals surface area contributed by atoms with E-state index in [0.717, 1.165) is 0 Å². The van der Waals surface area contributed by atoms with Crippen molar-refractivity contribution in [3.63, 3.8) is 0 Å². The third-order valence-corrected chi connectivity index (χ3v) is 5.79. The highest BCUT2D eigenvalue weighted by Crippen LogP contribution is 2.23. The minimum absolute atomic E-state index is 0.0464. The molecule has 1 aliphatic heterocycles. The fourth-order valence-corrected chi connectivity index (χ4v) is 4.02. The Balaban J connectivity index is 1.72. The first kappa shape index (κ1) is 17.6. The van der Waals surface area contributed by atoms with Crippen LogP contribution in [0, 0.1) is 0 Å². The zero-order valence-corrected chi connectivity index (χ0v) is 14.9. The SMILES string of the molecule is O=S(=O)(CCNc1nc(Cl)nc2cnc(Cl)cc12)N1CCOCC1. The first-order valence-electron chi connectivity index (χ1n) is 7.24. The maximum atomic E-state index is 12.3. The largest absolute Gasteiger partial charge is 0.379 e. The van der Waals surface area contributed by atoms with E-state index < -0.39 is 10.0 Å². The standard InChI is InChI=1S/C13H15Cl2N5O3S/c14-11-7-9-10(8-17-11)18-13(15)19-12(9)16-1-6-24(21,22)20-2-4-23-5-3-20/h7-8H,1-6H2,(H,16,18,19). The minimum atomic E-state index is -3.35. The van der Waals surface area contributed by atoms with Gasteiger partial charge in [-0.25, -0.2) is 23.4 Å². The molecule has 1 aliphatic rings. The highest BCUT2D eigenvalue weighted by atomic mass is 35.5. The van der Waals surface area contributed by atoms with E-state index in [-0.39, 0.29) is 22.7 Å². The van der Waals surface area contributed by atoms with Crippen molar-refractivity contribution in [2.75, 3.05) is 43.9 Å². The third kappa shape index (κ3) is 4.04. The first-order chi connectivity index (χ1) is 11.5. The molecule has 1 saturated heterocycles. The second-order valence-electron chi connectivity index (χ2n) is 5.12. The summed E-state index contributed by atoms with van der Waals surface area (Å²) in [6, 6.07) is 1.60. The normalized spacial score (nSPS) is 16.4. The number of aromatic nitrogens is 3. The van der Waals surface area contributed by atoms with Crippen LogP contribution in [0.5, 0.6) is 0 Å². The number of fused-ring (bicyclic) bond motifs is 1. The van der Waals surface area contributed by atoms with Gasteiger partial charge in [0.2, 0.25) is 15.3 Å². The molecule has 8 nitrogen and oxygen atoms in total. The number of hydrogen-bond acceptors (Lipinski definition) is 7. The highest BCUT2D eigenvalue weighted by molar-refractivity contribution is 7.89. The van der Waals surface area contributed by atoms with Gasteiger partial charge in [-0.1, -0.05) is 11.6 Å². The van der Waals surface area contributed by atoms with Gasteiger partial charge in [0.05, 0.1) is 30.7 Å². The number of anilines is 1. The summed E-state index contributed by atoms with van der Waals surface area (Å²) in [6.45, 7) is 1.79. The molecule has 0 bridgehead atoms. The van der Waals surface area contributed by atoms with E-state index in [1.54, 1.807) is 6.07 Å². The van der Waals surface area contributed by atoms with Gasteiger partial charge in [0.15, 0.2) is 0 Å². The molecule has 130 valence electrons. The number of nitrogens with zero attached hydrogens (tertiary/aromatic N) is 4. The smallest absolute Gasteiger partial charge is 0.224 e. The maximum absolute atomic E-state index is 12.3. The number of ether oxygens (including phenoxy) is 1. The van der Waals surface area contributed by atoms with Gasteiger partial charge in [-0.15, -0.1) is 0 Å². The van der Waals surface area contributed by atoms with Gasteiger partial charge in [0.25, 0.3) is 0 Å².